The number of aliphatic hydroxyl groups is 1. The van der Waals surface area contributed by atoms with Crippen LogP contribution in [0, 0.1) is 18.8 Å². The van der Waals surface area contributed by atoms with Crippen LogP contribution in [0.4, 0.5) is 19.0 Å². The van der Waals surface area contributed by atoms with Crippen LogP contribution in [-0.2, 0) is 11.0 Å². The molecule has 25 heavy (non-hydrogen) atoms. The molecule has 0 spiro atoms. The average molecular weight is 357 g/mol. The minimum absolute atomic E-state index is 0.187. The van der Waals surface area contributed by atoms with Gasteiger partial charge in [0.05, 0.1) is 17.7 Å². The normalized spacial score (nSPS) is 29.4. The monoisotopic (exact) mass is 357 g/mol. The van der Waals surface area contributed by atoms with Gasteiger partial charge in [-0.05, 0) is 43.7 Å². The maximum Gasteiger partial charge on any atom is 0.416 e. The van der Waals surface area contributed by atoms with Crippen LogP contribution in [0.2, 0.25) is 0 Å². The predicted octanol–water partition coefficient (Wildman–Crippen LogP) is 2.12. The van der Waals surface area contributed by atoms with E-state index in [0.717, 1.165) is 12.1 Å². The molecule has 8 heteroatoms. The van der Waals surface area contributed by atoms with Crippen LogP contribution in [0.15, 0.2) is 12.1 Å². The number of carbonyl (C=O) groups is 1. The van der Waals surface area contributed by atoms with E-state index < -0.39 is 17.8 Å². The molecule has 3 rings (SSSR count). The van der Waals surface area contributed by atoms with E-state index in [1.54, 1.807) is 6.92 Å². The zero-order valence-electron chi connectivity index (χ0n) is 14.2. The van der Waals surface area contributed by atoms with Crippen molar-refractivity contribution in [3.05, 3.63) is 23.4 Å². The highest BCUT2D eigenvalue weighted by molar-refractivity contribution is 5.73. The molecule has 0 radical (unpaired) electrons. The standard InChI is InChI=1S/C17H22F3N3O2/c1-9-3-13(17(18,19)20)6-16(21-9)23-7-11-4-14(22-10(2)24)15(25)5-12(11)8-23/h3,6,11-12,14-15,25H,4-5,7-8H2,1-2H3,(H,22,24)/t11-,12+,14-,15-/m1/s1. The minimum Gasteiger partial charge on any atom is -0.391 e. The van der Waals surface area contributed by atoms with E-state index in [0.29, 0.717) is 37.4 Å². The zero-order chi connectivity index (χ0) is 18.4. The summed E-state index contributed by atoms with van der Waals surface area (Å²) in [5.74, 6) is 0.549. The van der Waals surface area contributed by atoms with Gasteiger partial charge in [0.25, 0.3) is 0 Å². The summed E-state index contributed by atoms with van der Waals surface area (Å²) < 4.78 is 39.1. The summed E-state index contributed by atoms with van der Waals surface area (Å²) in [6.45, 7) is 4.12. The van der Waals surface area contributed by atoms with Gasteiger partial charge in [-0.15, -0.1) is 0 Å². The van der Waals surface area contributed by atoms with E-state index in [2.05, 4.69) is 10.3 Å². The van der Waals surface area contributed by atoms with E-state index in [4.69, 9.17) is 0 Å². The van der Waals surface area contributed by atoms with Crippen molar-refractivity contribution in [1.82, 2.24) is 10.3 Å². The highest BCUT2D eigenvalue weighted by Crippen LogP contribution is 2.39. The molecule has 138 valence electrons. The Kier molecular flexibility index (Phi) is 4.66. The second-order valence-electron chi connectivity index (χ2n) is 7.12. The lowest BCUT2D eigenvalue weighted by molar-refractivity contribution is -0.137. The molecule has 2 fully saturated rings. The Labute approximate surface area is 144 Å². The van der Waals surface area contributed by atoms with Crippen molar-refractivity contribution >= 4 is 11.7 Å². The van der Waals surface area contributed by atoms with Crippen LogP contribution in [-0.4, -0.2) is 41.2 Å². The lowest BCUT2D eigenvalue weighted by Gasteiger charge is -2.35. The van der Waals surface area contributed by atoms with Crippen LogP contribution in [0.5, 0.6) is 0 Å². The fourth-order valence-electron chi connectivity index (χ4n) is 4.01. The van der Waals surface area contributed by atoms with Crippen molar-refractivity contribution in [3.8, 4) is 0 Å². The van der Waals surface area contributed by atoms with Gasteiger partial charge in [0.1, 0.15) is 5.82 Å². The second kappa shape index (κ2) is 6.48. The van der Waals surface area contributed by atoms with E-state index in [9.17, 15) is 23.1 Å². The molecule has 4 atom stereocenters. The predicted molar refractivity (Wildman–Crippen MR) is 86.0 cm³/mol. The molecule has 1 aliphatic carbocycles. The molecule has 0 aromatic carbocycles. The van der Waals surface area contributed by atoms with Crippen LogP contribution < -0.4 is 10.2 Å². The number of pyridine rings is 1. The van der Waals surface area contributed by atoms with Crippen LogP contribution >= 0.6 is 0 Å². The van der Waals surface area contributed by atoms with Gasteiger partial charge in [0, 0.05) is 25.7 Å². The van der Waals surface area contributed by atoms with Crippen molar-refractivity contribution in [2.75, 3.05) is 18.0 Å². The molecule has 0 bridgehead atoms. The van der Waals surface area contributed by atoms with Crippen LogP contribution in [0.3, 0.4) is 0 Å². The number of rotatable bonds is 2. The third-order valence-electron chi connectivity index (χ3n) is 5.12. The molecule has 2 aliphatic rings. The van der Waals surface area contributed by atoms with E-state index in [1.807, 2.05) is 4.90 Å². The van der Waals surface area contributed by atoms with Gasteiger partial charge in [-0.25, -0.2) is 4.98 Å². The Hall–Kier alpha value is -1.83. The first-order chi connectivity index (χ1) is 11.6. The number of carbonyl (C=O) groups excluding carboxylic acids is 1. The Morgan fingerprint density at radius 1 is 1.28 bits per heavy atom. The number of alkyl halides is 3. The smallest absolute Gasteiger partial charge is 0.391 e. The molecular weight excluding hydrogens is 335 g/mol. The number of hydrogen-bond donors (Lipinski definition) is 2. The molecule has 1 amide bonds. The zero-order valence-corrected chi connectivity index (χ0v) is 14.2. The Morgan fingerprint density at radius 3 is 2.52 bits per heavy atom. The molecule has 1 aromatic rings. The van der Waals surface area contributed by atoms with Gasteiger partial charge in [0.2, 0.25) is 5.91 Å². The molecule has 1 saturated carbocycles. The third kappa shape index (κ3) is 3.89. The van der Waals surface area contributed by atoms with Gasteiger partial charge < -0.3 is 15.3 Å². The summed E-state index contributed by atoms with van der Waals surface area (Å²) in [6.07, 6.45) is -3.87. The molecule has 1 saturated heterocycles. The third-order valence-corrected chi connectivity index (χ3v) is 5.12. The number of aliphatic hydroxyl groups excluding tert-OH is 1. The number of nitrogens with one attached hydrogen (secondary N) is 1. The molecule has 1 aliphatic heterocycles. The SMILES string of the molecule is CC(=O)N[C@@H]1C[C@@H]2CN(c3cc(C(F)(F)F)cc(C)n3)C[C@@H]2C[C@H]1O. The summed E-state index contributed by atoms with van der Waals surface area (Å²) in [4.78, 5) is 17.4. The summed E-state index contributed by atoms with van der Waals surface area (Å²) >= 11 is 0. The lowest BCUT2D eigenvalue weighted by atomic mass is 9.77. The average Bonchev–Trinajstić information content (AvgIpc) is 2.88. The summed E-state index contributed by atoms with van der Waals surface area (Å²) in [5, 5.41) is 13.0. The minimum atomic E-state index is -4.40. The molecule has 5 nitrogen and oxygen atoms in total. The summed E-state index contributed by atoms with van der Waals surface area (Å²) in [6, 6.07) is 1.84. The van der Waals surface area contributed by atoms with Crippen molar-refractivity contribution in [3.63, 3.8) is 0 Å². The highest BCUT2D eigenvalue weighted by Gasteiger charge is 2.42. The quantitative estimate of drug-likeness (QED) is 0.851. The largest absolute Gasteiger partial charge is 0.416 e. The van der Waals surface area contributed by atoms with Gasteiger partial charge >= 0.3 is 6.18 Å². The Bertz CT molecular complexity index is 665. The summed E-state index contributed by atoms with van der Waals surface area (Å²) in [7, 11) is 0. The second-order valence-corrected chi connectivity index (χ2v) is 7.12. The number of amides is 1. The van der Waals surface area contributed by atoms with E-state index >= 15 is 0 Å². The first-order valence-corrected chi connectivity index (χ1v) is 8.39. The lowest BCUT2D eigenvalue weighted by Crippen LogP contribution is -2.48. The Balaban J connectivity index is 1.77. The number of anilines is 1. The molecule has 0 unspecified atom stereocenters. The van der Waals surface area contributed by atoms with E-state index in [1.165, 1.54) is 6.92 Å². The first-order valence-electron chi connectivity index (χ1n) is 8.39. The fraction of sp³-hybridized carbons (Fsp3) is 0.647. The first kappa shape index (κ1) is 18.0. The van der Waals surface area contributed by atoms with Gasteiger partial charge in [-0.3, -0.25) is 4.79 Å². The number of aryl methyl sites for hydroxylation is 1. The number of hydrogen-bond acceptors (Lipinski definition) is 4. The molecule has 2 heterocycles. The van der Waals surface area contributed by atoms with Crippen LogP contribution in [0.25, 0.3) is 0 Å². The molecule has 1 aromatic heterocycles. The van der Waals surface area contributed by atoms with Gasteiger partial charge in [-0.1, -0.05) is 0 Å². The number of halogens is 3. The van der Waals surface area contributed by atoms with Crippen molar-refractivity contribution in [1.29, 1.82) is 0 Å². The number of fused-ring (bicyclic) bond motifs is 1. The van der Waals surface area contributed by atoms with Crippen molar-refractivity contribution < 1.29 is 23.1 Å². The van der Waals surface area contributed by atoms with E-state index in [-0.39, 0.29) is 23.8 Å². The fourth-order valence-corrected chi connectivity index (χ4v) is 4.01. The van der Waals surface area contributed by atoms with Crippen molar-refractivity contribution in [2.24, 2.45) is 11.8 Å². The molecular formula is C17H22F3N3O2. The highest BCUT2D eigenvalue weighted by atomic mass is 19.4. The van der Waals surface area contributed by atoms with Crippen molar-refractivity contribution in [2.45, 2.75) is 45.0 Å². The maximum absolute atomic E-state index is 13.0. The number of aromatic nitrogens is 1. The topological polar surface area (TPSA) is 65.5 Å². The number of nitrogens with zero attached hydrogens (tertiary/aromatic N) is 2. The summed E-state index contributed by atoms with van der Waals surface area (Å²) in [5.41, 5.74) is -0.364. The molecule has 2 N–H and O–H groups in total. The van der Waals surface area contributed by atoms with Gasteiger partial charge in [-0.2, -0.15) is 13.2 Å². The van der Waals surface area contributed by atoms with Crippen LogP contribution in [0.1, 0.15) is 31.0 Å². The Morgan fingerprint density at radius 2 is 1.92 bits per heavy atom. The maximum atomic E-state index is 13.0. The van der Waals surface area contributed by atoms with Gasteiger partial charge in [0.15, 0.2) is 0 Å².